The molecule has 0 aromatic heterocycles. The normalized spacial score (nSPS) is 14.9. The average Bonchev–Trinajstić information content (AvgIpc) is 2.83. The zero-order chi connectivity index (χ0) is 23.3. The van der Waals surface area contributed by atoms with Crippen LogP contribution < -0.4 is 15.9 Å². The fraction of sp³-hybridized carbons (Fsp3) is 0.345. The number of piperidine rings is 1. The van der Waals surface area contributed by atoms with Crippen molar-refractivity contribution in [2.24, 2.45) is 5.92 Å². The van der Waals surface area contributed by atoms with E-state index >= 15 is 0 Å². The molecule has 0 spiro atoms. The summed E-state index contributed by atoms with van der Waals surface area (Å²) in [6.07, 6.45) is 2.99. The van der Waals surface area contributed by atoms with Crippen LogP contribution in [0.15, 0.2) is 91.0 Å². The molecule has 0 saturated carbocycles. The number of nitrogens with zero attached hydrogens (tertiary/aromatic N) is 1. The molecule has 1 amide bonds. The third kappa shape index (κ3) is 7.42. The number of benzene rings is 3. The summed E-state index contributed by atoms with van der Waals surface area (Å²) in [5.41, 5.74) is -0.454. The van der Waals surface area contributed by atoms with Gasteiger partial charge in [0.1, 0.15) is 0 Å². The van der Waals surface area contributed by atoms with Gasteiger partial charge in [-0.05, 0) is 0 Å². The van der Waals surface area contributed by atoms with Gasteiger partial charge in [-0.15, -0.1) is 48.0 Å². The molecule has 3 aromatic rings. The van der Waals surface area contributed by atoms with Crippen molar-refractivity contribution < 1.29 is 9.53 Å². The van der Waals surface area contributed by atoms with Crippen molar-refractivity contribution in [2.75, 3.05) is 19.3 Å². The maximum absolute atomic E-state index is 12.6. The van der Waals surface area contributed by atoms with E-state index in [-0.39, 0.29) is 54.0 Å². The summed E-state index contributed by atoms with van der Waals surface area (Å²) in [6.45, 7) is 7.32. The van der Waals surface area contributed by atoms with Gasteiger partial charge in [0.2, 0.25) is 0 Å². The van der Waals surface area contributed by atoms with Crippen molar-refractivity contribution in [3.63, 3.8) is 0 Å². The fourth-order valence-corrected chi connectivity index (χ4v) is 10.4. The van der Waals surface area contributed by atoms with Crippen LogP contribution in [-0.2, 0) is 4.74 Å². The van der Waals surface area contributed by atoms with Crippen molar-refractivity contribution >= 4 is 77.2 Å². The molecule has 1 aliphatic heterocycles. The molecule has 0 radical (unpaired) electrons. The minimum Gasteiger partial charge on any atom is -0.107 e. The van der Waals surface area contributed by atoms with Crippen molar-refractivity contribution in [3.8, 4) is 0 Å². The number of hydrogen-bond donors (Lipinski definition) is 0. The van der Waals surface area contributed by atoms with Gasteiger partial charge < -0.3 is 0 Å². The van der Waals surface area contributed by atoms with Gasteiger partial charge in [-0.1, -0.05) is 0 Å². The van der Waals surface area contributed by atoms with Gasteiger partial charge in [0, 0.05) is 0 Å². The second-order valence-corrected chi connectivity index (χ2v) is 14.1. The minimum absolute atomic E-state index is 0. The Morgan fingerprint density at radius 2 is 1.14 bits per heavy atom. The van der Waals surface area contributed by atoms with Crippen LogP contribution in [0.4, 0.5) is 4.79 Å². The van der Waals surface area contributed by atoms with Crippen LogP contribution in [0.2, 0.25) is 0 Å². The predicted molar refractivity (Wildman–Crippen MR) is 173 cm³/mol. The summed E-state index contributed by atoms with van der Waals surface area (Å²) in [4.78, 5) is 14.5. The molecule has 6 heteroatoms. The second kappa shape index (κ2) is 13.4. The molecular weight excluding hydrogens is 679 g/mol. The molecule has 1 fully saturated rings. The summed E-state index contributed by atoms with van der Waals surface area (Å²) >= 11 is 0. The molecule has 4 rings (SSSR count). The molecular formula is C29H38I2NO2P. The molecule has 1 saturated heterocycles. The van der Waals surface area contributed by atoms with E-state index in [2.05, 4.69) is 91.0 Å². The second-order valence-electron chi connectivity index (χ2n) is 10.1. The Morgan fingerprint density at radius 1 is 0.771 bits per heavy atom. The van der Waals surface area contributed by atoms with E-state index in [1.807, 2.05) is 25.7 Å². The van der Waals surface area contributed by atoms with Crippen molar-refractivity contribution in [3.05, 3.63) is 91.0 Å². The van der Waals surface area contributed by atoms with Crippen LogP contribution in [0.5, 0.6) is 0 Å². The smallest absolute Gasteiger partial charge is 0.107 e. The van der Waals surface area contributed by atoms with E-state index in [1.165, 1.54) is 15.9 Å². The maximum Gasteiger partial charge on any atom is -0.107 e. The van der Waals surface area contributed by atoms with Crippen molar-refractivity contribution in [1.82, 2.24) is 4.90 Å². The van der Waals surface area contributed by atoms with Gasteiger partial charge in [0.25, 0.3) is 0 Å². The Bertz CT molecular complexity index is 938. The van der Waals surface area contributed by atoms with Crippen molar-refractivity contribution in [2.45, 2.75) is 39.2 Å². The zero-order valence-electron chi connectivity index (χ0n) is 20.9. The predicted octanol–water partition coefficient (Wildman–Crippen LogP) is 6.60. The van der Waals surface area contributed by atoms with E-state index in [0.29, 0.717) is 5.92 Å². The van der Waals surface area contributed by atoms with Gasteiger partial charge >= 0.3 is 199 Å². The molecule has 35 heavy (non-hydrogen) atoms. The zero-order valence-corrected chi connectivity index (χ0v) is 26.5. The number of halogens is 2. The van der Waals surface area contributed by atoms with E-state index in [1.54, 1.807) is 0 Å². The Balaban J connectivity index is 0.00000216. The number of rotatable bonds is 5. The molecule has 1 heterocycles. The summed E-state index contributed by atoms with van der Waals surface area (Å²) in [6, 6.07) is 33.3. The van der Waals surface area contributed by atoms with E-state index in [4.69, 9.17) is 4.74 Å². The summed E-state index contributed by atoms with van der Waals surface area (Å²) < 4.78 is 5.62. The van der Waals surface area contributed by atoms with Gasteiger partial charge in [0.15, 0.2) is 0 Å². The number of hydrogen-bond acceptors (Lipinski definition) is 2. The minimum atomic E-state index is -2.23. The van der Waals surface area contributed by atoms with Crippen LogP contribution >= 0.6 is 55.2 Å². The summed E-state index contributed by atoms with van der Waals surface area (Å²) in [5, 5.41) is 4.37. The summed E-state index contributed by atoms with van der Waals surface area (Å²) in [5.74, 6) is 0.566. The van der Waals surface area contributed by atoms with Crippen LogP contribution in [0.3, 0.4) is 0 Å². The number of likely N-dealkylation sites (tertiary alicyclic amines) is 1. The van der Waals surface area contributed by atoms with Gasteiger partial charge in [0.05, 0.1) is 0 Å². The molecule has 0 atom stereocenters. The third-order valence-electron chi connectivity index (χ3n) is 6.66. The number of carbonyl (C=O) groups is 1. The number of amides is 1. The molecule has 0 N–H and O–H groups in total. The van der Waals surface area contributed by atoms with Crippen LogP contribution in [0.1, 0.15) is 33.6 Å². The van der Waals surface area contributed by atoms with Gasteiger partial charge in [-0.3, -0.25) is 0 Å². The Morgan fingerprint density at radius 3 is 1.49 bits per heavy atom. The third-order valence-corrected chi connectivity index (χ3v) is 11.8. The van der Waals surface area contributed by atoms with Crippen molar-refractivity contribution in [1.29, 1.82) is 0 Å². The SMILES string of the molecule is CC(C)(C)OC(=O)N1CCC(C[PH](c2ccccc2)(c2ccccc2)c2ccccc2)CC1.I.I. The Labute approximate surface area is 245 Å². The molecule has 190 valence electrons. The standard InChI is InChI=1S/C29H36NO2P.2HI/c1-29(2,3)32-28(31)30-21-19-24(20-22-30)23-33(25-13-7-4-8-14-25,26-15-9-5-10-16-26)27-17-11-6-12-18-27;;/h4-18,24,33H,19-23H2,1-3H3;2*1H. The first kappa shape index (κ1) is 30.0. The topological polar surface area (TPSA) is 29.5 Å². The first-order valence-electron chi connectivity index (χ1n) is 12.0. The fourth-order valence-electron chi connectivity index (χ4n) is 5.10. The average molecular weight is 717 g/mol. The molecule has 3 aromatic carbocycles. The Hall–Kier alpha value is -1.18. The molecule has 1 aliphatic rings. The van der Waals surface area contributed by atoms with Crippen LogP contribution in [0.25, 0.3) is 0 Å². The first-order valence-corrected chi connectivity index (χ1v) is 14.2. The summed E-state index contributed by atoms with van der Waals surface area (Å²) in [7, 11) is -2.23. The molecule has 0 aliphatic carbocycles. The van der Waals surface area contributed by atoms with Crippen LogP contribution in [-0.4, -0.2) is 35.8 Å². The first-order chi connectivity index (χ1) is 15.9. The Kier molecular flexibility index (Phi) is 11.5. The molecule has 0 bridgehead atoms. The monoisotopic (exact) mass is 717 g/mol. The maximum atomic E-state index is 12.6. The number of ether oxygens (including phenoxy) is 1. The van der Waals surface area contributed by atoms with E-state index in [0.717, 1.165) is 32.1 Å². The van der Waals surface area contributed by atoms with E-state index in [9.17, 15) is 4.79 Å². The molecule has 0 unspecified atom stereocenters. The van der Waals surface area contributed by atoms with Gasteiger partial charge in [-0.25, -0.2) is 0 Å². The van der Waals surface area contributed by atoms with Crippen LogP contribution in [0, 0.1) is 5.92 Å². The quantitative estimate of drug-likeness (QED) is 0.220. The molecule has 3 nitrogen and oxygen atoms in total. The largest absolute Gasteiger partial charge is 0.107 e. The van der Waals surface area contributed by atoms with E-state index < -0.39 is 12.9 Å². The number of carbonyl (C=O) groups excluding carboxylic acids is 1. The van der Waals surface area contributed by atoms with Gasteiger partial charge in [-0.2, -0.15) is 0 Å².